The standard InChI is InChI=1S/C22H25N3O2/c1-14(2)12-17-19(22(17,3)4)21(27)24-16-9-7-8-15(13-16)20(26)25-18-10-5-6-11-23-18/h5-13,17,19H,1-4H3,(H,24,27)(H,23,25,26)/t17-,19+/m0/s1. The number of hydrogen-bond acceptors (Lipinski definition) is 3. The predicted octanol–water partition coefficient (Wildman–Crippen LogP) is 4.51. The number of anilines is 2. The fourth-order valence-electron chi connectivity index (χ4n) is 3.43. The van der Waals surface area contributed by atoms with Crippen LogP contribution < -0.4 is 10.6 Å². The van der Waals surface area contributed by atoms with Gasteiger partial charge in [-0.3, -0.25) is 9.59 Å². The van der Waals surface area contributed by atoms with Crippen molar-refractivity contribution in [3.8, 4) is 0 Å². The molecule has 2 atom stereocenters. The third-order valence-corrected chi connectivity index (χ3v) is 5.00. The van der Waals surface area contributed by atoms with E-state index in [0.29, 0.717) is 17.1 Å². The van der Waals surface area contributed by atoms with Gasteiger partial charge in [-0.2, -0.15) is 0 Å². The molecule has 0 saturated heterocycles. The lowest BCUT2D eigenvalue weighted by Gasteiger charge is -2.09. The first-order valence-corrected chi connectivity index (χ1v) is 9.07. The van der Waals surface area contributed by atoms with Crippen molar-refractivity contribution in [2.24, 2.45) is 17.3 Å². The van der Waals surface area contributed by atoms with Gasteiger partial charge in [0.1, 0.15) is 5.82 Å². The molecule has 1 heterocycles. The molecule has 1 aliphatic rings. The van der Waals surface area contributed by atoms with Crippen LogP contribution in [0.25, 0.3) is 0 Å². The maximum absolute atomic E-state index is 12.7. The van der Waals surface area contributed by atoms with Crippen LogP contribution >= 0.6 is 0 Å². The third-order valence-electron chi connectivity index (χ3n) is 5.00. The molecule has 1 aromatic carbocycles. The number of benzene rings is 1. The summed E-state index contributed by atoms with van der Waals surface area (Å²) in [7, 11) is 0. The van der Waals surface area contributed by atoms with Crippen molar-refractivity contribution in [1.29, 1.82) is 0 Å². The number of nitrogens with zero attached hydrogens (tertiary/aromatic N) is 1. The first kappa shape index (κ1) is 18.8. The number of rotatable bonds is 5. The van der Waals surface area contributed by atoms with Gasteiger partial charge in [0.25, 0.3) is 5.91 Å². The van der Waals surface area contributed by atoms with E-state index in [9.17, 15) is 9.59 Å². The molecule has 0 bridgehead atoms. The molecule has 1 saturated carbocycles. The molecule has 5 nitrogen and oxygen atoms in total. The molecule has 0 radical (unpaired) electrons. The van der Waals surface area contributed by atoms with Gasteiger partial charge >= 0.3 is 0 Å². The molecule has 5 heteroatoms. The molecular formula is C22H25N3O2. The molecule has 140 valence electrons. The van der Waals surface area contributed by atoms with Crippen LogP contribution in [0.5, 0.6) is 0 Å². The zero-order valence-corrected chi connectivity index (χ0v) is 16.1. The maximum Gasteiger partial charge on any atom is 0.256 e. The molecule has 1 fully saturated rings. The van der Waals surface area contributed by atoms with Crippen molar-refractivity contribution in [3.63, 3.8) is 0 Å². The normalized spacial score (nSPS) is 19.7. The van der Waals surface area contributed by atoms with Crippen molar-refractivity contribution in [2.75, 3.05) is 10.6 Å². The van der Waals surface area contributed by atoms with E-state index in [1.54, 1.807) is 48.7 Å². The van der Waals surface area contributed by atoms with Crippen LogP contribution in [0.1, 0.15) is 38.1 Å². The van der Waals surface area contributed by atoms with Crippen LogP contribution in [0.2, 0.25) is 0 Å². The number of hydrogen-bond donors (Lipinski definition) is 2. The molecule has 1 aromatic heterocycles. The van der Waals surface area contributed by atoms with Gasteiger partial charge in [-0.25, -0.2) is 4.98 Å². The highest BCUT2D eigenvalue weighted by atomic mass is 16.2. The van der Waals surface area contributed by atoms with Crippen molar-refractivity contribution >= 4 is 23.3 Å². The summed E-state index contributed by atoms with van der Waals surface area (Å²) in [5, 5.41) is 5.70. The Morgan fingerprint density at radius 3 is 2.52 bits per heavy atom. The van der Waals surface area contributed by atoms with E-state index < -0.39 is 0 Å². The van der Waals surface area contributed by atoms with Crippen LogP contribution in [-0.2, 0) is 4.79 Å². The second-order valence-electron chi connectivity index (χ2n) is 7.81. The summed E-state index contributed by atoms with van der Waals surface area (Å²) in [6.45, 7) is 8.32. The monoisotopic (exact) mass is 363 g/mol. The van der Waals surface area contributed by atoms with Crippen molar-refractivity contribution < 1.29 is 9.59 Å². The average molecular weight is 363 g/mol. The quantitative estimate of drug-likeness (QED) is 0.768. The average Bonchev–Trinajstić information content (AvgIpc) is 3.15. The highest BCUT2D eigenvalue weighted by Crippen LogP contribution is 2.59. The number of amides is 2. The Kier molecular flexibility index (Phi) is 5.13. The summed E-state index contributed by atoms with van der Waals surface area (Å²) in [6.07, 6.45) is 3.79. The second kappa shape index (κ2) is 7.35. The van der Waals surface area contributed by atoms with Crippen LogP contribution in [0, 0.1) is 17.3 Å². The minimum absolute atomic E-state index is 0.00946. The Hall–Kier alpha value is -2.95. The van der Waals surface area contributed by atoms with E-state index in [2.05, 4.69) is 35.5 Å². The van der Waals surface area contributed by atoms with Crippen LogP contribution in [0.3, 0.4) is 0 Å². The van der Waals surface area contributed by atoms with E-state index in [-0.39, 0.29) is 29.1 Å². The van der Waals surface area contributed by atoms with Crippen LogP contribution in [0.15, 0.2) is 60.3 Å². The summed E-state index contributed by atoms with van der Waals surface area (Å²) >= 11 is 0. The van der Waals surface area contributed by atoms with Gasteiger partial charge in [0.2, 0.25) is 5.91 Å². The number of pyridine rings is 1. The Bertz CT molecular complexity index is 883. The number of carbonyl (C=O) groups is 2. The Morgan fingerprint density at radius 2 is 1.85 bits per heavy atom. The van der Waals surface area contributed by atoms with Gasteiger partial charge in [-0.15, -0.1) is 0 Å². The molecule has 27 heavy (non-hydrogen) atoms. The summed E-state index contributed by atoms with van der Waals surface area (Å²) in [5.41, 5.74) is 2.26. The zero-order chi connectivity index (χ0) is 19.6. The molecule has 1 aliphatic carbocycles. The summed E-state index contributed by atoms with van der Waals surface area (Å²) in [4.78, 5) is 29.2. The number of nitrogens with one attached hydrogen (secondary N) is 2. The van der Waals surface area contributed by atoms with Gasteiger partial charge in [0.15, 0.2) is 0 Å². The van der Waals surface area contributed by atoms with Gasteiger partial charge < -0.3 is 10.6 Å². The van der Waals surface area contributed by atoms with E-state index >= 15 is 0 Å². The molecular weight excluding hydrogens is 338 g/mol. The third kappa shape index (κ3) is 4.25. The SMILES string of the molecule is CC(C)=C[C@H]1[C@H](C(=O)Nc2cccc(C(=O)Nc3ccccn3)c2)C1(C)C. The van der Waals surface area contributed by atoms with E-state index in [0.717, 1.165) is 0 Å². The Labute approximate surface area is 159 Å². The molecule has 0 aliphatic heterocycles. The molecule has 0 spiro atoms. The maximum atomic E-state index is 12.7. The Morgan fingerprint density at radius 1 is 1.07 bits per heavy atom. The van der Waals surface area contributed by atoms with Gasteiger partial charge in [-0.1, -0.05) is 37.6 Å². The van der Waals surface area contributed by atoms with Crippen molar-refractivity contribution in [3.05, 3.63) is 65.9 Å². The lowest BCUT2D eigenvalue weighted by molar-refractivity contribution is -0.118. The largest absolute Gasteiger partial charge is 0.326 e. The van der Waals surface area contributed by atoms with Crippen molar-refractivity contribution in [1.82, 2.24) is 4.98 Å². The smallest absolute Gasteiger partial charge is 0.256 e. The van der Waals surface area contributed by atoms with Crippen LogP contribution in [0.4, 0.5) is 11.5 Å². The minimum atomic E-state index is -0.265. The summed E-state index contributed by atoms with van der Waals surface area (Å²) < 4.78 is 0. The zero-order valence-electron chi connectivity index (χ0n) is 16.1. The highest BCUT2D eigenvalue weighted by molar-refractivity contribution is 6.05. The number of carbonyl (C=O) groups excluding carboxylic acids is 2. The van der Waals surface area contributed by atoms with Gasteiger partial charge in [0, 0.05) is 17.4 Å². The highest BCUT2D eigenvalue weighted by Gasteiger charge is 2.60. The lowest BCUT2D eigenvalue weighted by Crippen LogP contribution is -2.18. The number of aromatic nitrogens is 1. The lowest BCUT2D eigenvalue weighted by atomic mass is 10.1. The van der Waals surface area contributed by atoms with Gasteiger partial charge in [0.05, 0.1) is 5.92 Å². The molecule has 2 aromatic rings. The summed E-state index contributed by atoms with van der Waals surface area (Å²) in [6, 6.07) is 12.3. The molecule has 0 unspecified atom stereocenters. The summed E-state index contributed by atoms with van der Waals surface area (Å²) in [5.74, 6) is 0.404. The topological polar surface area (TPSA) is 71.1 Å². The first-order chi connectivity index (χ1) is 12.8. The van der Waals surface area contributed by atoms with E-state index in [1.165, 1.54) is 5.57 Å². The fourth-order valence-corrected chi connectivity index (χ4v) is 3.43. The fraction of sp³-hybridized carbons (Fsp3) is 0.318. The predicted molar refractivity (Wildman–Crippen MR) is 107 cm³/mol. The number of allylic oxidation sites excluding steroid dienone is 2. The minimum Gasteiger partial charge on any atom is -0.326 e. The van der Waals surface area contributed by atoms with Crippen LogP contribution in [-0.4, -0.2) is 16.8 Å². The molecule has 3 rings (SSSR count). The second-order valence-corrected chi connectivity index (χ2v) is 7.81. The van der Waals surface area contributed by atoms with E-state index in [4.69, 9.17) is 0 Å². The first-order valence-electron chi connectivity index (χ1n) is 9.07. The van der Waals surface area contributed by atoms with Gasteiger partial charge in [-0.05, 0) is 55.5 Å². The molecule has 2 amide bonds. The molecule has 2 N–H and O–H groups in total. The van der Waals surface area contributed by atoms with E-state index in [1.807, 2.05) is 13.8 Å². The van der Waals surface area contributed by atoms with Crippen molar-refractivity contribution in [2.45, 2.75) is 27.7 Å². The Balaban J connectivity index is 1.68.